The van der Waals surface area contributed by atoms with Crippen molar-refractivity contribution in [3.05, 3.63) is 0 Å². The average molecular weight is 229 g/mol. The molecule has 1 unspecified atom stereocenters. The molecule has 1 atom stereocenters. The third-order valence-electron chi connectivity index (χ3n) is 3.08. The van der Waals surface area contributed by atoms with Gasteiger partial charge in [-0.3, -0.25) is 4.79 Å². The number of rotatable bonds is 8. The summed E-state index contributed by atoms with van der Waals surface area (Å²) in [6, 6.07) is 0.322. The van der Waals surface area contributed by atoms with Gasteiger partial charge in [0.2, 0.25) is 5.91 Å². The molecular formula is C12H23NO3. The second-order valence-corrected chi connectivity index (χ2v) is 4.30. The van der Waals surface area contributed by atoms with Crippen LogP contribution in [0.1, 0.15) is 26.7 Å². The smallest absolute Gasteiger partial charge is 0.248 e. The number of carbonyl (C=O) groups is 1. The third-order valence-corrected chi connectivity index (χ3v) is 3.08. The van der Waals surface area contributed by atoms with Crippen LogP contribution in [-0.4, -0.2) is 50.3 Å². The van der Waals surface area contributed by atoms with E-state index in [-0.39, 0.29) is 12.5 Å². The first-order valence-corrected chi connectivity index (χ1v) is 6.06. The number of ether oxygens (including phenoxy) is 2. The van der Waals surface area contributed by atoms with Crippen LogP contribution in [0.25, 0.3) is 0 Å². The normalized spacial score (nSPS) is 17.2. The van der Waals surface area contributed by atoms with Crippen molar-refractivity contribution < 1.29 is 14.3 Å². The van der Waals surface area contributed by atoms with Gasteiger partial charge in [0.25, 0.3) is 0 Å². The lowest BCUT2D eigenvalue weighted by Crippen LogP contribution is -2.43. The highest BCUT2D eigenvalue weighted by atomic mass is 16.5. The van der Waals surface area contributed by atoms with Crippen LogP contribution >= 0.6 is 0 Å². The molecule has 1 aliphatic carbocycles. The molecule has 0 spiro atoms. The van der Waals surface area contributed by atoms with E-state index in [1.165, 1.54) is 12.8 Å². The SMILES string of the molecule is CCOCC(=O)N(CCOC)C(C)C1CC1. The predicted octanol–water partition coefficient (Wildman–Crippen LogP) is 1.30. The highest BCUT2D eigenvalue weighted by molar-refractivity contribution is 5.77. The van der Waals surface area contributed by atoms with Crippen LogP contribution in [0.15, 0.2) is 0 Å². The van der Waals surface area contributed by atoms with Gasteiger partial charge in [0, 0.05) is 26.3 Å². The molecule has 4 nitrogen and oxygen atoms in total. The van der Waals surface area contributed by atoms with E-state index in [0.29, 0.717) is 31.7 Å². The number of amides is 1. The second-order valence-electron chi connectivity index (χ2n) is 4.30. The fraction of sp³-hybridized carbons (Fsp3) is 0.917. The molecule has 16 heavy (non-hydrogen) atoms. The Bertz CT molecular complexity index is 216. The molecule has 0 bridgehead atoms. The monoisotopic (exact) mass is 229 g/mol. The lowest BCUT2D eigenvalue weighted by atomic mass is 10.2. The summed E-state index contributed by atoms with van der Waals surface area (Å²) in [6.45, 7) is 6.06. The molecule has 0 aromatic rings. The summed E-state index contributed by atoms with van der Waals surface area (Å²) in [7, 11) is 1.66. The van der Waals surface area contributed by atoms with Crippen molar-refractivity contribution in [3.8, 4) is 0 Å². The Balaban J connectivity index is 2.43. The minimum Gasteiger partial charge on any atom is -0.383 e. The average Bonchev–Trinajstić information content (AvgIpc) is 3.10. The summed E-state index contributed by atoms with van der Waals surface area (Å²) in [6.07, 6.45) is 2.49. The lowest BCUT2D eigenvalue weighted by molar-refractivity contribution is -0.139. The minimum absolute atomic E-state index is 0.0818. The van der Waals surface area contributed by atoms with Gasteiger partial charge in [-0.05, 0) is 32.6 Å². The van der Waals surface area contributed by atoms with Crippen LogP contribution in [0.2, 0.25) is 0 Å². The van der Waals surface area contributed by atoms with Crippen molar-refractivity contribution in [2.24, 2.45) is 5.92 Å². The fourth-order valence-corrected chi connectivity index (χ4v) is 1.85. The Labute approximate surface area is 97.9 Å². The van der Waals surface area contributed by atoms with Crippen LogP contribution in [0, 0.1) is 5.92 Å². The van der Waals surface area contributed by atoms with E-state index in [0.717, 1.165) is 0 Å². The van der Waals surface area contributed by atoms with E-state index in [9.17, 15) is 4.79 Å². The number of hydrogen-bond acceptors (Lipinski definition) is 3. The maximum atomic E-state index is 11.9. The van der Waals surface area contributed by atoms with Gasteiger partial charge >= 0.3 is 0 Å². The van der Waals surface area contributed by atoms with E-state index in [1.54, 1.807) is 7.11 Å². The molecule has 0 aromatic carbocycles. The summed E-state index contributed by atoms with van der Waals surface area (Å²) < 4.78 is 10.2. The first kappa shape index (κ1) is 13.5. The summed E-state index contributed by atoms with van der Waals surface area (Å²) in [5.74, 6) is 0.765. The molecule has 1 rings (SSSR count). The van der Waals surface area contributed by atoms with Crippen molar-refractivity contribution in [2.45, 2.75) is 32.7 Å². The molecule has 1 aliphatic rings. The maximum absolute atomic E-state index is 11.9. The molecule has 1 amide bonds. The summed E-state index contributed by atoms with van der Waals surface area (Å²) in [4.78, 5) is 13.8. The Morgan fingerprint density at radius 3 is 2.69 bits per heavy atom. The number of methoxy groups -OCH3 is 1. The second kappa shape index (κ2) is 6.86. The van der Waals surface area contributed by atoms with Crippen molar-refractivity contribution in [1.82, 2.24) is 4.90 Å². The molecule has 0 radical (unpaired) electrons. The minimum atomic E-state index is 0.0818. The van der Waals surface area contributed by atoms with Gasteiger partial charge < -0.3 is 14.4 Å². The van der Waals surface area contributed by atoms with E-state index >= 15 is 0 Å². The molecular weight excluding hydrogens is 206 g/mol. The first-order valence-electron chi connectivity index (χ1n) is 6.06. The van der Waals surface area contributed by atoms with Gasteiger partial charge in [0.1, 0.15) is 6.61 Å². The number of hydrogen-bond donors (Lipinski definition) is 0. The predicted molar refractivity (Wildman–Crippen MR) is 62.3 cm³/mol. The zero-order chi connectivity index (χ0) is 12.0. The van der Waals surface area contributed by atoms with Crippen LogP contribution in [-0.2, 0) is 14.3 Å². The highest BCUT2D eigenvalue weighted by Gasteiger charge is 2.33. The largest absolute Gasteiger partial charge is 0.383 e. The standard InChI is InChI=1S/C12H23NO3/c1-4-16-9-12(14)13(7-8-15-3)10(2)11-5-6-11/h10-11H,4-9H2,1-3H3. The molecule has 4 heteroatoms. The Morgan fingerprint density at radius 1 is 1.50 bits per heavy atom. The zero-order valence-electron chi connectivity index (χ0n) is 10.6. The van der Waals surface area contributed by atoms with Gasteiger partial charge in [-0.1, -0.05) is 0 Å². The highest BCUT2D eigenvalue weighted by Crippen LogP contribution is 2.35. The summed E-state index contributed by atoms with van der Waals surface area (Å²) in [5.41, 5.74) is 0. The van der Waals surface area contributed by atoms with Crippen LogP contribution < -0.4 is 0 Å². The maximum Gasteiger partial charge on any atom is 0.248 e. The third kappa shape index (κ3) is 4.10. The van der Waals surface area contributed by atoms with Crippen LogP contribution in [0.3, 0.4) is 0 Å². The summed E-state index contributed by atoms with van der Waals surface area (Å²) >= 11 is 0. The van der Waals surface area contributed by atoms with E-state index in [2.05, 4.69) is 6.92 Å². The van der Waals surface area contributed by atoms with Crippen molar-refractivity contribution in [2.75, 3.05) is 33.5 Å². The molecule has 94 valence electrons. The van der Waals surface area contributed by atoms with Crippen molar-refractivity contribution in [3.63, 3.8) is 0 Å². The number of carbonyl (C=O) groups excluding carboxylic acids is 1. The van der Waals surface area contributed by atoms with E-state index in [4.69, 9.17) is 9.47 Å². The molecule has 0 aliphatic heterocycles. The Kier molecular flexibility index (Phi) is 5.77. The van der Waals surface area contributed by atoms with Gasteiger partial charge in [-0.15, -0.1) is 0 Å². The van der Waals surface area contributed by atoms with Crippen LogP contribution in [0.5, 0.6) is 0 Å². The molecule has 0 N–H and O–H groups in total. The van der Waals surface area contributed by atoms with Crippen LogP contribution in [0.4, 0.5) is 0 Å². The Hall–Kier alpha value is -0.610. The molecule has 1 fully saturated rings. The van der Waals surface area contributed by atoms with Crippen molar-refractivity contribution >= 4 is 5.91 Å². The first-order chi connectivity index (χ1) is 7.70. The topological polar surface area (TPSA) is 38.8 Å². The molecule has 0 saturated heterocycles. The van der Waals surface area contributed by atoms with E-state index < -0.39 is 0 Å². The molecule has 1 saturated carbocycles. The fourth-order valence-electron chi connectivity index (χ4n) is 1.85. The lowest BCUT2D eigenvalue weighted by Gasteiger charge is -2.29. The number of nitrogens with zero attached hydrogens (tertiary/aromatic N) is 1. The van der Waals surface area contributed by atoms with Crippen molar-refractivity contribution in [1.29, 1.82) is 0 Å². The zero-order valence-corrected chi connectivity index (χ0v) is 10.6. The van der Waals surface area contributed by atoms with Gasteiger partial charge in [0.15, 0.2) is 0 Å². The van der Waals surface area contributed by atoms with Gasteiger partial charge in [-0.25, -0.2) is 0 Å². The van der Waals surface area contributed by atoms with Gasteiger partial charge in [-0.2, -0.15) is 0 Å². The Morgan fingerprint density at radius 2 is 2.19 bits per heavy atom. The van der Waals surface area contributed by atoms with E-state index in [1.807, 2.05) is 11.8 Å². The molecule has 0 heterocycles. The molecule has 0 aromatic heterocycles. The van der Waals surface area contributed by atoms with Gasteiger partial charge in [0.05, 0.1) is 6.61 Å². The summed E-state index contributed by atoms with van der Waals surface area (Å²) in [5, 5.41) is 0. The quantitative estimate of drug-likeness (QED) is 0.629.